The maximum absolute atomic E-state index is 5.24. The number of nitrogens with zero attached hydrogens (tertiary/aromatic N) is 8. The number of para-hydroxylation sites is 6. The number of rotatable bonds is 4. The van der Waals surface area contributed by atoms with Gasteiger partial charge in [0.25, 0.3) is 0 Å². The third-order valence-electron chi connectivity index (χ3n) is 10.4. The van der Waals surface area contributed by atoms with Gasteiger partial charge in [-0.1, -0.05) is 97.1 Å². The molecule has 12 rings (SSSR count). The van der Waals surface area contributed by atoms with Gasteiger partial charge in [0.05, 0.1) is 22.1 Å². The van der Waals surface area contributed by atoms with Crippen molar-refractivity contribution >= 4 is 89.6 Å². The molecule has 0 fully saturated rings. The van der Waals surface area contributed by atoms with Crippen molar-refractivity contribution in [3.63, 3.8) is 0 Å². The SMILES string of the molecule is [Ir].[c-]1ccccc1N1[CH-]N(c2ccccc2)c2nc3c4ccccc4c4ccccc4c3nc21.[c-]1ccccc1N1[CH-]N(c2ccccc2)c2nc3ccccc3nc21. The van der Waals surface area contributed by atoms with E-state index in [-0.39, 0.29) is 20.1 Å². The van der Waals surface area contributed by atoms with E-state index in [0.29, 0.717) is 0 Å². The van der Waals surface area contributed by atoms with Gasteiger partial charge >= 0.3 is 0 Å². The molecule has 0 amide bonds. The quantitative estimate of drug-likeness (QED) is 0.128. The zero-order chi connectivity index (χ0) is 38.4. The molecular formula is C50H32IrN8-4. The molecule has 0 spiro atoms. The average molecular weight is 937 g/mol. The maximum atomic E-state index is 5.24. The first-order valence-electron chi connectivity index (χ1n) is 19.1. The molecule has 285 valence electrons. The van der Waals surface area contributed by atoms with Gasteiger partial charge in [-0.25, -0.2) is 19.9 Å². The standard InChI is InChI=1S/C29H18N4.C21H14N4.Ir/c1-3-11-20(12-4-1)32-19-33(21-13-5-2-6-14-21)29-28(32)30-26-24-17-9-7-15-22(24)23-16-8-10-18-25(23)27(26)31-29;1-3-9-16(10-4-1)24-15-25(17-11-5-2-6-12-17)21-20(24)22-18-13-7-8-14-19(18)23-21;/h1-13,15-19H;1-11,13-15H;/q2*-2;. The van der Waals surface area contributed by atoms with E-state index in [0.717, 1.165) is 78.9 Å². The molecule has 2 aliphatic rings. The summed E-state index contributed by atoms with van der Waals surface area (Å²) in [5.41, 5.74) is 7.54. The van der Waals surface area contributed by atoms with E-state index < -0.39 is 0 Å². The summed E-state index contributed by atoms with van der Waals surface area (Å²) in [7, 11) is 0. The number of fused-ring (bicyclic) bond motifs is 9. The van der Waals surface area contributed by atoms with Gasteiger partial charge in [0.2, 0.25) is 0 Å². The van der Waals surface area contributed by atoms with Gasteiger partial charge in [-0.3, -0.25) is 0 Å². The van der Waals surface area contributed by atoms with Crippen LogP contribution in [0.4, 0.5) is 46.0 Å². The Morgan fingerprint density at radius 1 is 0.339 bits per heavy atom. The molecule has 10 aromatic rings. The summed E-state index contributed by atoms with van der Waals surface area (Å²) in [6.07, 6.45) is 0. The first-order chi connectivity index (χ1) is 28.8. The van der Waals surface area contributed by atoms with Gasteiger partial charge in [0.1, 0.15) is 23.3 Å². The van der Waals surface area contributed by atoms with Crippen LogP contribution in [0.5, 0.6) is 0 Å². The van der Waals surface area contributed by atoms with Crippen molar-refractivity contribution in [1.82, 2.24) is 19.9 Å². The second kappa shape index (κ2) is 15.3. The predicted octanol–water partition coefficient (Wildman–Crippen LogP) is 12.0. The van der Waals surface area contributed by atoms with Crippen molar-refractivity contribution in [3.8, 4) is 0 Å². The Labute approximate surface area is 355 Å². The first kappa shape index (κ1) is 36.2. The van der Waals surface area contributed by atoms with Crippen LogP contribution in [0.25, 0.3) is 43.6 Å². The molecule has 2 aliphatic heterocycles. The Hall–Kier alpha value is -7.19. The number of aromatic nitrogens is 4. The van der Waals surface area contributed by atoms with Gasteiger partial charge in [-0.05, 0) is 47.2 Å². The molecule has 0 N–H and O–H groups in total. The molecule has 4 heterocycles. The fourth-order valence-corrected chi connectivity index (χ4v) is 7.69. The summed E-state index contributed by atoms with van der Waals surface area (Å²) in [5.74, 6) is 3.24. The van der Waals surface area contributed by atoms with Crippen LogP contribution in [0.15, 0.2) is 182 Å². The molecule has 8 aromatic carbocycles. The summed E-state index contributed by atoms with van der Waals surface area (Å²) >= 11 is 0. The summed E-state index contributed by atoms with van der Waals surface area (Å²) in [6.45, 7) is 4.07. The van der Waals surface area contributed by atoms with Gasteiger partial charge in [-0.15, -0.1) is 24.7 Å². The van der Waals surface area contributed by atoms with E-state index in [9.17, 15) is 0 Å². The molecule has 0 unspecified atom stereocenters. The molecule has 1 radical (unpaired) electrons. The molecule has 0 bridgehead atoms. The van der Waals surface area contributed by atoms with Gasteiger partial charge in [0.15, 0.2) is 0 Å². The van der Waals surface area contributed by atoms with Crippen molar-refractivity contribution in [2.75, 3.05) is 19.6 Å². The fourth-order valence-electron chi connectivity index (χ4n) is 7.69. The molecule has 59 heavy (non-hydrogen) atoms. The van der Waals surface area contributed by atoms with E-state index >= 15 is 0 Å². The molecular weight excluding hydrogens is 905 g/mol. The Bertz CT molecular complexity index is 2890. The maximum Gasteiger partial charge on any atom is 0.146 e. The smallest absolute Gasteiger partial charge is 0.146 e. The molecule has 0 aliphatic carbocycles. The number of hydrogen-bond donors (Lipinski definition) is 0. The van der Waals surface area contributed by atoms with Crippen molar-refractivity contribution in [1.29, 1.82) is 0 Å². The number of benzene rings is 8. The minimum atomic E-state index is 0. The van der Waals surface area contributed by atoms with Crippen LogP contribution in [0.2, 0.25) is 0 Å². The van der Waals surface area contributed by atoms with Gasteiger partial charge in [0, 0.05) is 42.3 Å². The molecule has 8 nitrogen and oxygen atoms in total. The Morgan fingerprint density at radius 2 is 0.695 bits per heavy atom. The van der Waals surface area contributed by atoms with Gasteiger partial charge < -0.3 is 19.6 Å². The molecule has 0 saturated carbocycles. The summed E-state index contributed by atoms with van der Waals surface area (Å²) in [4.78, 5) is 28.5. The van der Waals surface area contributed by atoms with E-state index in [1.165, 1.54) is 10.8 Å². The normalized spacial score (nSPS) is 13.0. The van der Waals surface area contributed by atoms with Crippen molar-refractivity contribution in [2.24, 2.45) is 0 Å². The molecule has 0 atom stereocenters. The van der Waals surface area contributed by atoms with Crippen molar-refractivity contribution < 1.29 is 20.1 Å². The summed E-state index contributed by atoms with van der Waals surface area (Å²) < 4.78 is 0. The second-order valence-corrected chi connectivity index (χ2v) is 13.9. The minimum absolute atomic E-state index is 0. The molecule has 9 heteroatoms. The molecule has 2 aromatic heterocycles. The number of anilines is 8. The van der Waals surface area contributed by atoms with Crippen LogP contribution < -0.4 is 19.6 Å². The summed E-state index contributed by atoms with van der Waals surface area (Å²) in [6, 6.07) is 67.7. The zero-order valence-corrected chi connectivity index (χ0v) is 33.8. The van der Waals surface area contributed by atoms with Crippen LogP contribution >= 0.6 is 0 Å². The third kappa shape index (κ3) is 6.37. The number of hydrogen-bond acceptors (Lipinski definition) is 8. The van der Waals surface area contributed by atoms with Crippen molar-refractivity contribution in [3.05, 3.63) is 207 Å². The Morgan fingerprint density at radius 3 is 1.14 bits per heavy atom. The van der Waals surface area contributed by atoms with E-state index in [1.54, 1.807) is 0 Å². The van der Waals surface area contributed by atoms with Crippen LogP contribution in [0.1, 0.15) is 0 Å². The fraction of sp³-hybridized carbons (Fsp3) is 0. The average Bonchev–Trinajstić information content (AvgIpc) is 3.87. The molecule has 0 saturated heterocycles. The van der Waals surface area contributed by atoms with Crippen molar-refractivity contribution in [2.45, 2.75) is 0 Å². The van der Waals surface area contributed by atoms with Crippen LogP contribution in [-0.4, -0.2) is 19.9 Å². The largest absolute Gasteiger partial charge is 0.477 e. The van der Waals surface area contributed by atoms with E-state index in [4.69, 9.17) is 19.9 Å². The van der Waals surface area contributed by atoms with E-state index in [2.05, 4.69) is 106 Å². The van der Waals surface area contributed by atoms with Crippen LogP contribution in [-0.2, 0) is 20.1 Å². The first-order valence-corrected chi connectivity index (χ1v) is 19.1. The van der Waals surface area contributed by atoms with E-state index in [1.807, 2.05) is 121 Å². The Kier molecular flexibility index (Phi) is 9.37. The van der Waals surface area contributed by atoms with Gasteiger partial charge in [-0.2, -0.15) is 60.7 Å². The predicted molar refractivity (Wildman–Crippen MR) is 235 cm³/mol. The van der Waals surface area contributed by atoms with Crippen LogP contribution in [0, 0.1) is 25.5 Å². The van der Waals surface area contributed by atoms with Crippen LogP contribution in [0.3, 0.4) is 0 Å². The Balaban J connectivity index is 0.000000145. The minimum Gasteiger partial charge on any atom is -0.477 e. The monoisotopic (exact) mass is 937 g/mol. The zero-order valence-electron chi connectivity index (χ0n) is 31.4. The second-order valence-electron chi connectivity index (χ2n) is 13.9. The third-order valence-corrected chi connectivity index (χ3v) is 10.4. The summed E-state index contributed by atoms with van der Waals surface area (Å²) in [5, 5.41) is 4.60. The topological polar surface area (TPSA) is 64.5 Å².